The molecule has 8 heteroatoms. The molecule has 0 spiro atoms. The largest absolute Gasteiger partial charge is 0.440 e. The molecule has 0 aliphatic carbocycles. The first-order valence-electron chi connectivity index (χ1n) is 7.53. The number of rotatable bonds is 3. The molecule has 1 amide bonds. The molecule has 1 aliphatic heterocycles. The van der Waals surface area contributed by atoms with Crippen molar-refractivity contribution in [1.82, 2.24) is 9.55 Å². The number of aromatic nitrogens is 2. The summed E-state index contributed by atoms with van der Waals surface area (Å²) in [7, 11) is 0. The van der Waals surface area contributed by atoms with Gasteiger partial charge in [0.1, 0.15) is 0 Å². The number of alkyl halides is 3. The smallest absolute Gasteiger partial charge is 0.422 e. The Morgan fingerprint density at radius 1 is 1.33 bits per heavy atom. The van der Waals surface area contributed by atoms with Crippen LogP contribution < -0.4 is 5.32 Å². The fourth-order valence-corrected chi connectivity index (χ4v) is 2.86. The summed E-state index contributed by atoms with van der Waals surface area (Å²) in [5.41, 5.74) is 2.60. The number of benzene rings is 1. The number of carbonyl (C=O) groups is 1. The van der Waals surface area contributed by atoms with Crippen LogP contribution in [-0.2, 0) is 11.3 Å². The van der Waals surface area contributed by atoms with E-state index < -0.39 is 18.9 Å². The maximum Gasteiger partial charge on any atom is 0.422 e. The Hall–Kier alpha value is -2.51. The average Bonchev–Trinajstić information content (AvgIpc) is 3.02. The number of fused-ring (bicyclic) bond motifs is 1. The van der Waals surface area contributed by atoms with Crippen molar-refractivity contribution in [3.63, 3.8) is 0 Å². The van der Waals surface area contributed by atoms with Crippen molar-refractivity contribution in [3.8, 4) is 0 Å². The van der Waals surface area contributed by atoms with Crippen LogP contribution in [0.3, 0.4) is 0 Å². The molecule has 5 nitrogen and oxygen atoms in total. The summed E-state index contributed by atoms with van der Waals surface area (Å²) >= 11 is 0. The Balaban J connectivity index is 1.63. The SMILES string of the molecule is O=C(Nc1ccc([C@@H]2CCCn3cncc32)cc1)OCC(F)(F)F. The van der Waals surface area contributed by atoms with Crippen molar-refractivity contribution in [3.05, 3.63) is 48.0 Å². The Kier molecular flexibility index (Phi) is 4.46. The second-order valence-corrected chi connectivity index (χ2v) is 5.65. The van der Waals surface area contributed by atoms with Crippen molar-refractivity contribution in [2.45, 2.75) is 31.5 Å². The summed E-state index contributed by atoms with van der Waals surface area (Å²) < 4.78 is 42.2. The number of hydrogen-bond acceptors (Lipinski definition) is 3. The lowest BCUT2D eigenvalue weighted by Crippen LogP contribution is -2.23. The third-order valence-corrected chi connectivity index (χ3v) is 3.92. The molecule has 0 saturated heterocycles. The third-order valence-electron chi connectivity index (χ3n) is 3.92. The average molecular weight is 339 g/mol. The fraction of sp³-hybridized carbons (Fsp3) is 0.375. The van der Waals surface area contributed by atoms with Gasteiger partial charge in [-0.2, -0.15) is 13.2 Å². The number of ether oxygens (including phenoxy) is 1. The van der Waals surface area contributed by atoms with Crippen LogP contribution in [0.25, 0.3) is 0 Å². The van der Waals surface area contributed by atoms with Crippen LogP contribution in [0, 0.1) is 0 Å². The maximum absolute atomic E-state index is 12.0. The number of amides is 1. The normalized spacial score (nSPS) is 17.2. The van der Waals surface area contributed by atoms with Crippen LogP contribution in [0.15, 0.2) is 36.8 Å². The molecule has 0 fully saturated rings. The quantitative estimate of drug-likeness (QED) is 0.922. The molecule has 0 unspecified atom stereocenters. The molecule has 1 N–H and O–H groups in total. The predicted octanol–water partition coefficient (Wildman–Crippen LogP) is 3.92. The molecule has 24 heavy (non-hydrogen) atoms. The van der Waals surface area contributed by atoms with Crippen molar-refractivity contribution in [2.75, 3.05) is 11.9 Å². The van der Waals surface area contributed by atoms with E-state index in [1.807, 2.05) is 24.7 Å². The number of anilines is 1. The number of carbonyl (C=O) groups excluding carboxylic acids is 1. The Bertz CT molecular complexity index is 710. The van der Waals surface area contributed by atoms with Crippen molar-refractivity contribution in [1.29, 1.82) is 0 Å². The minimum atomic E-state index is -4.54. The zero-order chi connectivity index (χ0) is 17.2. The maximum atomic E-state index is 12.0. The number of nitrogens with zero attached hydrogens (tertiary/aromatic N) is 2. The van der Waals surface area contributed by atoms with Crippen molar-refractivity contribution >= 4 is 11.8 Å². The van der Waals surface area contributed by atoms with Gasteiger partial charge in [-0.3, -0.25) is 5.32 Å². The van der Waals surface area contributed by atoms with Crippen LogP contribution in [0.5, 0.6) is 0 Å². The topological polar surface area (TPSA) is 56.2 Å². The molecule has 0 radical (unpaired) electrons. The van der Waals surface area contributed by atoms with Crippen LogP contribution in [0.2, 0.25) is 0 Å². The minimum Gasteiger partial charge on any atom is -0.440 e. The monoisotopic (exact) mass is 339 g/mol. The molecule has 0 saturated carbocycles. The van der Waals surface area contributed by atoms with E-state index in [0.717, 1.165) is 30.6 Å². The van der Waals surface area contributed by atoms with E-state index in [1.165, 1.54) is 0 Å². The van der Waals surface area contributed by atoms with Crippen LogP contribution in [0.1, 0.15) is 30.0 Å². The van der Waals surface area contributed by atoms with Crippen LogP contribution >= 0.6 is 0 Å². The highest BCUT2D eigenvalue weighted by Crippen LogP contribution is 2.33. The van der Waals surface area contributed by atoms with Gasteiger partial charge in [0, 0.05) is 30.0 Å². The van der Waals surface area contributed by atoms with Gasteiger partial charge < -0.3 is 9.30 Å². The molecule has 1 aliphatic rings. The van der Waals surface area contributed by atoms with Gasteiger partial charge >= 0.3 is 12.3 Å². The molecule has 0 bridgehead atoms. The fourth-order valence-electron chi connectivity index (χ4n) is 2.86. The lowest BCUT2D eigenvalue weighted by Gasteiger charge is -2.24. The molecular formula is C16H16F3N3O2. The first kappa shape index (κ1) is 16.4. The van der Waals surface area contributed by atoms with Crippen LogP contribution in [0.4, 0.5) is 23.7 Å². The Morgan fingerprint density at radius 3 is 2.79 bits per heavy atom. The summed E-state index contributed by atoms with van der Waals surface area (Å²) in [6.45, 7) is -0.653. The van der Waals surface area contributed by atoms with E-state index in [-0.39, 0.29) is 5.92 Å². The lowest BCUT2D eigenvalue weighted by atomic mass is 9.89. The van der Waals surface area contributed by atoms with E-state index in [2.05, 4.69) is 19.6 Å². The van der Waals surface area contributed by atoms with E-state index in [4.69, 9.17) is 0 Å². The Morgan fingerprint density at radius 2 is 2.08 bits per heavy atom. The molecule has 2 heterocycles. The van der Waals surface area contributed by atoms with Gasteiger partial charge in [-0.15, -0.1) is 0 Å². The molecule has 3 rings (SSSR count). The highest BCUT2D eigenvalue weighted by atomic mass is 19.4. The summed E-state index contributed by atoms with van der Waals surface area (Å²) in [5.74, 6) is 0.229. The second-order valence-electron chi connectivity index (χ2n) is 5.65. The molecule has 1 atom stereocenters. The third kappa shape index (κ3) is 3.87. The van der Waals surface area contributed by atoms with E-state index >= 15 is 0 Å². The molecule has 2 aromatic rings. The predicted molar refractivity (Wildman–Crippen MR) is 80.8 cm³/mol. The van der Waals surface area contributed by atoms with E-state index in [9.17, 15) is 18.0 Å². The first-order chi connectivity index (χ1) is 11.4. The molecule has 1 aromatic heterocycles. The zero-order valence-corrected chi connectivity index (χ0v) is 12.7. The highest BCUT2D eigenvalue weighted by molar-refractivity contribution is 5.84. The second kappa shape index (κ2) is 6.54. The molecule has 1 aromatic carbocycles. The standard InChI is InChI=1S/C16H16F3N3O2/c17-16(18,19)9-24-15(23)21-12-5-3-11(4-6-12)13-2-1-7-22-10-20-8-14(13)22/h3-6,8,10,13H,1-2,7,9H2,(H,21,23)/t13-/m0/s1. The van der Waals surface area contributed by atoms with Gasteiger partial charge in [-0.25, -0.2) is 9.78 Å². The molecular weight excluding hydrogens is 323 g/mol. The van der Waals surface area contributed by atoms with Gasteiger partial charge in [0.15, 0.2) is 6.61 Å². The van der Waals surface area contributed by atoms with Crippen molar-refractivity contribution in [2.24, 2.45) is 0 Å². The summed E-state index contributed by atoms with van der Waals surface area (Å²) in [5, 5.41) is 2.28. The number of hydrogen-bond donors (Lipinski definition) is 1. The van der Waals surface area contributed by atoms with Gasteiger partial charge in [0.05, 0.1) is 6.33 Å². The zero-order valence-electron chi connectivity index (χ0n) is 12.7. The highest BCUT2D eigenvalue weighted by Gasteiger charge is 2.29. The number of imidazole rings is 1. The van der Waals surface area contributed by atoms with E-state index in [0.29, 0.717) is 5.69 Å². The minimum absolute atomic E-state index is 0.229. The number of nitrogens with one attached hydrogen (secondary N) is 1. The van der Waals surface area contributed by atoms with E-state index in [1.54, 1.807) is 12.1 Å². The number of halogens is 3. The first-order valence-corrected chi connectivity index (χ1v) is 7.53. The van der Waals surface area contributed by atoms with Crippen molar-refractivity contribution < 1.29 is 22.7 Å². The lowest BCUT2D eigenvalue weighted by molar-refractivity contribution is -0.159. The summed E-state index contributed by atoms with van der Waals surface area (Å²) in [6.07, 6.45) is 0.0592. The Labute approximate surface area is 136 Å². The summed E-state index contributed by atoms with van der Waals surface area (Å²) in [4.78, 5) is 15.5. The van der Waals surface area contributed by atoms with Crippen LogP contribution in [-0.4, -0.2) is 28.4 Å². The van der Waals surface area contributed by atoms with Gasteiger partial charge in [0.2, 0.25) is 0 Å². The van der Waals surface area contributed by atoms with Gasteiger partial charge in [-0.1, -0.05) is 12.1 Å². The summed E-state index contributed by atoms with van der Waals surface area (Å²) in [6, 6.07) is 7.01. The van der Waals surface area contributed by atoms with Gasteiger partial charge in [-0.05, 0) is 30.5 Å². The number of aryl methyl sites for hydroxylation is 1. The molecule has 128 valence electrons. The van der Waals surface area contributed by atoms with Gasteiger partial charge in [0.25, 0.3) is 0 Å².